The molecule has 164 valence electrons. The zero-order valence-electron chi connectivity index (χ0n) is 18.5. The Bertz CT molecular complexity index is 1270. The molecule has 0 spiro atoms. The second kappa shape index (κ2) is 8.15. The van der Waals surface area contributed by atoms with E-state index in [2.05, 4.69) is 16.2 Å². The molecule has 0 aliphatic carbocycles. The van der Waals surface area contributed by atoms with Crippen LogP contribution in [0, 0.1) is 20.8 Å². The van der Waals surface area contributed by atoms with E-state index in [4.69, 9.17) is 8.94 Å². The number of likely N-dealkylation sites (tertiary alicyclic amines) is 1. The molecular weight excluding hydrogens is 404 g/mol. The van der Waals surface area contributed by atoms with Crippen molar-refractivity contribution < 1.29 is 13.7 Å². The van der Waals surface area contributed by atoms with Crippen LogP contribution in [0.15, 0.2) is 51.4 Å². The summed E-state index contributed by atoms with van der Waals surface area (Å²) in [5.41, 5.74) is 4.78. The lowest BCUT2D eigenvalue weighted by Gasteiger charge is -2.29. The Morgan fingerprint density at radius 1 is 1.12 bits per heavy atom. The molecule has 1 aliphatic heterocycles. The van der Waals surface area contributed by atoms with E-state index in [1.54, 1.807) is 6.08 Å². The molecule has 1 fully saturated rings. The molecular formula is C25H26N4O3. The van der Waals surface area contributed by atoms with Crippen molar-refractivity contribution in [3.63, 3.8) is 0 Å². The topological polar surface area (TPSA) is 77.3 Å². The summed E-state index contributed by atoms with van der Waals surface area (Å²) < 4.78 is 13.2. The Kier molecular flexibility index (Phi) is 5.17. The van der Waals surface area contributed by atoms with Crippen LogP contribution in [-0.2, 0) is 4.79 Å². The molecule has 32 heavy (non-hydrogen) atoms. The summed E-state index contributed by atoms with van der Waals surface area (Å²) in [4.78, 5) is 19.3. The number of oxazole rings is 1. The molecule has 0 atom stereocenters. The number of benzene rings is 1. The number of nitrogens with zero attached hydrogens (tertiary/aromatic N) is 4. The molecule has 0 N–H and O–H groups in total. The molecule has 5 rings (SSSR count). The number of aryl methyl sites for hydroxylation is 2. The fraction of sp³-hybridized carbons (Fsp3) is 0.320. The summed E-state index contributed by atoms with van der Waals surface area (Å²) in [5, 5.41) is 4.11. The van der Waals surface area contributed by atoms with Crippen molar-refractivity contribution in [3.05, 3.63) is 71.1 Å². The third-order valence-corrected chi connectivity index (χ3v) is 6.19. The van der Waals surface area contributed by atoms with Gasteiger partial charge in [0.05, 0.1) is 0 Å². The van der Waals surface area contributed by atoms with Crippen LogP contribution in [0.25, 0.3) is 23.0 Å². The van der Waals surface area contributed by atoms with E-state index < -0.39 is 0 Å². The molecule has 7 nitrogen and oxygen atoms in total. The fourth-order valence-corrected chi connectivity index (χ4v) is 4.45. The van der Waals surface area contributed by atoms with E-state index >= 15 is 0 Å². The van der Waals surface area contributed by atoms with Crippen molar-refractivity contribution >= 4 is 23.1 Å². The van der Waals surface area contributed by atoms with Crippen LogP contribution < -0.4 is 0 Å². The van der Waals surface area contributed by atoms with Crippen molar-refractivity contribution in [3.8, 4) is 5.82 Å². The first-order valence-electron chi connectivity index (χ1n) is 10.9. The van der Waals surface area contributed by atoms with Crippen molar-refractivity contribution in [2.45, 2.75) is 39.5 Å². The van der Waals surface area contributed by atoms with E-state index in [0.29, 0.717) is 13.1 Å². The van der Waals surface area contributed by atoms with Gasteiger partial charge in [-0.3, -0.25) is 9.36 Å². The van der Waals surface area contributed by atoms with Gasteiger partial charge in [-0.1, -0.05) is 17.3 Å². The summed E-state index contributed by atoms with van der Waals surface area (Å²) in [6.45, 7) is 7.31. The molecule has 1 saturated heterocycles. The zero-order chi connectivity index (χ0) is 22.2. The molecule has 0 bridgehead atoms. The molecule has 0 saturated carbocycles. The molecule has 1 aliphatic rings. The molecule has 7 heteroatoms. The first-order valence-corrected chi connectivity index (χ1v) is 10.9. The molecule has 0 unspecified atom stereocenters. The smallest absolute Gasteiger partial charge is 0.246 e. The molecule has 1 amide bonds. The summed E-state index contributed by atoms with van der Waals surface area (Å²) in [7, 11) is 0. The number of aromatic nitrogens is 3. The Hall–Kier alpha value is -3.61. The van der Waals surface area contributed by atoms with Gasteiger partial charge in [0.25, 0.3) is 0 Å². The van der Waals surface area contributed by atoms with Gasteiger partial charge in [0.1, 0.15) is 11.3 Å². The van der Waals surface area contributed by atoms with E-state index in [0.717, 1.165) is 58.4 Å². The lowest BCUT2D eigenvalue weighted by molar-refractivity contribution is -0.127. The number of carbonyl (C=O) groups is 1. The van der Waals surface area contributed by atoms with Gasteiger partial charge in [-0.05, 0) is 63.5 Å². The van der Waals surface area contributed by atoms with E-state index in [9.17, 15) is 4.79 Å². The maximum absolute atomic E-state index is 12.8. The van der Waals surface area contributed by atoms with Crippen LogP contribution in [0.4, 0.5) is 0 Å². The van der Waals surface area contributed by atoms with Crippen molar-refractivity contribution in [1.29, 1.82) is 0 Å². The van der Waals surface area contributed by atoms with Crippen molar-refractivity contribution in [1.82, 2.24) is 19.6 Å². The number of piperidine rings is 1. The quantitative estimate of drug-likeness (QED) is 0.428. The molecule has 4 aromatic rings. The second-order valence-corrected chi connectivity index (χ2v) is 8.41. The van der Waals surface area contributed by atoms with Crippen LogP contribution in [0.2, 0.25) is 0 Å². The average Bonchev–Trinajstić information content (AvgIpc) is 3.49. The van der Waals surface area contributed by atoms with Crippen molar-refractivity contribution in [2.75, 3.05) is 13.1 Å². The van der Waals surface area contributed by atoms with Gasteiger partial charge in [0, 0.05) is 42.5 Å². The van der Waals surface area contributed by atoms with E-state index in [1.165, 1.54) is 0 Å². The summed E-state index contributed by atoms with van der Waals surface area (Å²) in [5.74, 6) is 2.58. The van der Waals surface area contributed by atoms with E-state index in [1.807, 2.05) is 66.6 Å². The lowest BCUT2D eigenvalue weighted by Crippen LogP contribution is -2.36. The maximum Gasteiger partial charge on any atom is 0.246 e. The first kappa shape index (κ1) is 20.3. The van der Waals surface area contributed by atoms with Gasteiger partial charge >= 0.3 is 0 Å². The Balaban J connectivity index is 1.24. The Morgan fingerprint density at radius 3 is 2.62 bits per heavy atom. The van der Waals surface area contributed by atoms with Crippen LogP contribution in [0.5, 0.6) is 0 Å². The standard InChI is InChI=1S/C25H26N4O3/c1-16-14-20(18(3)29(16)23-15-17(2)32-27-23)8-9-24(30)28-12-10-19(11-13-28)25-26-21-6-4-5-7-22(21)31-25/h4-9,14-15,19H,10-13H2,1-3H3/b9-8+. The van der Waals surface area contributed by atoms with E-state index in [-0.39, 0.29) is 11.8 Å². The highest BCUT2D eigenvalue weighted by Gasteiger charge is 2.26. The summed E-state index contributed by atoms with van der Waals surface area (Å²) >= 11 is 0. The number of carbonyl (C=O) groups excluding carboxylic acids is 1. The largest absolute Gasteiger partial charge is 0.440 e. The molecule has 0 radical (unpaired) electrons. The number of para-hydroxylation sites is 2. The maximum atomic E-state index is 12.8. The van der Waals surface area contributed by atoms with Crippen molar-refractivity contribution in [2.24, 2.45) is 0 Å². The van der Waals surface area contributed by atoms with Crippen LogP contribution in [0.1, 0.15) is 47.4 Å². The predicted octanol–water partition coefficient (Wildman–Crippen LogP) is 4.95. The highest BCUT2D eigenvalue weighted by Crippen LogP contribution is 2.30. The normalized spacial score (nSPS) is 15.3. The summed E-state index contributed by atoms with van der Waals surface area (Å²) in [6, 6.07) is 11.8. The molecule has 4 heterocycles. The van der Waals surface area contributed by atoms with Crippen LogP contribution >= 0.6 is 0 Å². The van der Waals surface area contributed by atoms with Gasteiger partial charge in [0.15, 0.2) is 17.3 Å². The second-order valence-electron chi connectivity index (χ2n) is 8.41. The van der Waals surface area contributed by atoms with Crippen LogP contribution in [0.3, 0.4) is 0 Å². The highest BCUT2D eigenvalue weighted by atomic mass is 16.5. The number of hydrogen-bond acceptors (Lipinski definition) is 5. The van der Waals surface area contributed by atoms with Crippen LogP contribution in [-0.4, -0.2) is 38.6 Å². The number of fused-ring (bicyclic) bond motifs is 1. The summed E-state index contributed by atoms with van der Waals surface area (Å²) in [6.07, 6.45) is 5.26. The Labute approximate surface area is 186 Å². The fourth-order valence-electron chi connectivity index (χ4n) is 4.45. The van der Waals surface area contributed by atoms with Gasteiger partial charge in [-0.2, -0.15) is 0 Å². The lowest BCUT2D eigenvalue weighted by atomic mass is 9.96. The minimum absolute atomic E-state index is 0.0306. The third-order valence-electron chi connectivity index (χ3n) is 6.19. The zero-order valence-corrected chi connectivity index (χ0v) is 18.5. The minimum atomic E-state index is 0.0306. The molecule has 1 aromatic carbocycles. The average molecular weight is 431 g/mol. The predicted molar refractivity (Wildman–Crippen MR) is 122 cm³/mol. The number of amides is 1. The Morgan fingerprint density at radius 2 is 1.91 bits per heavy atom. The number of hydrogen-bond donors (Lipinski definition) is 0. The highest BCUT2D eigenvalue weighted by molar-refractivity contribution is 5.92. The first-order chi connectivity index (χ1) is 15.5. The SMILES string of the molecule is Cc1cc(-n2c(C)cc(/C=C/C(=O)N3CCC(c4nc5ccccc5o4)CC3)c2C)no1. The number of rotatable bonds is 4. The van der Waals surface area contributed by atoms with Gasteiger partial charge in [0.2, 0.25) is 5.91 Å². The minimum Gasteiger partial charge on any atom is -0.440 e. The van der Waals surface area contributed by atoms with Gasteiger partial charge in [-0.25, -0.2) is 4.98 Å². The third kappa shape index (κ3) is 3.75. The monoisotopic (exact) mass is 430 g/mol. The van der Waals surface area contributed by atoms with Gasteiger partial charge in [-0.15, -0.1) is 0 Å². The van der Waals surface area contributed by atoms with Gasteiger partial charge < -0.3 is 13.8 Å². The molecule has 3 aromatic heterocycles.